The average Bonchev–Trinajstić information content (AvgIpc) is 2.45. The van der Waals surface area contributed by atoms with E-state index in [-0.39, 0.29) is 0 Å². The highest BCUT2D eigenvalue weighted by molar-refractivity contribution is 9.10. The molecule has 0 atom stereocenters. The first kappa shape index (κ1) is 10.1. The van der Waals surface area contributed by atoms with Gasteiger partial charge in [0.1, 0.15) is 5.67 Å². The molecule has 0 unspecified atom stereocenters. The molecule has 0 radical (unpaired) electrons. The predicted molar refractivity (Wildman–Crippen MR) is 63.7 cm³/mol. The van der Waals surface area contributed by atoms with Crippen LogP contribution >= 0.6 is 27.3 Å². The summed E-state index contributed by atoms with van der Waals surface area (Å²) in [5.74, 6) is 0. The first-order valence-electron chi connectivity index (χ1n) is 4.34. The van der Waals surface area contributed by atoms with Gasteiger partial charge in [-0.2, -0.15) is 0 Å². The quantitative estimate of drug-likeness (QED) is 0.695. The highest BCUT2D eigenvalue weighted by Crippen LogP contribution is 2.36. The van der Waals surface area contributed by atoms with Crippen LogP contribution in [0.5, 0.6) is 0 Å². The van der Waals surface area contributed by atoms with Crippen molar-refractivity contribution in [3.63, 3.8) is 0 Å². The summed E-state index contributed by atoms with van der Waals surface area (Å²) >= 11 is 4.99. The molecule has 0 saturated carbocycles. The van der Waals surface area contributed by atoms with Gasteiger partial charge in [0.05, 0.1) is 0 Å². The average molecular weight is 273 g/mol. The molecule has 0 N–H and O–H groups in total. The molecule has 0 spiro atoms. The zero-order valence-corrected chi connectivity index (χ0v) is 10.4. The second-order valence-corrected chi connectivity index (χ2v) is 5.59. The standard InChI is InChI=1S/C11H10BrFS/c1-11(2,13)9-6-14-10-4-3-7(12)5-8(9)10/h3-6H,1-2H3. The number of benzene rings is 1. The molecule has 1 heterocycles. The van der Waals surface area contributed by atoms with E-state index in [9.17, 15) is 4.39 Å². The first-order valence-corrected chi connectivity index (χ1v) is 6.02. The summed E-state index contributed by atoms with van der Waals surface area (Å²) in [6.07, 6.45) is 0. The zero-order chi connectivity index (χ0) is 10.3. The van der Waals surface area contributed by atoms with E-state index in [1.807, 2.05) is 23.6 Å². The maximum Gasteiger partial charge on any atom is 0.131 e. The topological polar surface area (TPSA) is 0 Å². The Kier molecular flexibility index (Phi) is 2.40. The molecule has 1 aromatic heterocycles. The lowest BCUT2D eigenvalue weighted by molar-refractivity contribution is 0.224. The van der Waals surface area contributed by atoms with Gasteiger partial charge in [0.25, 0.3) is 0 Å². The molecule has 74 valence electrons. The van der Waals surface area contributed by atoms with E-state index < -0.39 is 5.67 Å². The monoisotopic (exact) mass is 272 g/mol. The van der Waals surface area contributed by atoms with E-state index in [1.54, 1.807) is 25.2 Å². The molecule has 0 aliphatic carbocycles. The van der Waals surface area contributed by atoms with E-state index >= 15 is 0 Å². The molecule has 0 amide bonds. The molecule has 14 heavy (non-hydrogen) atoms. The Balaban J connectivity index is 2.73. The van der Waals surface area contributed by atoms with Crippen LogP contribution in [-0.4, -0.2) is 0 Å². The van der Waals surface area contributed by atoms with Crippen LogP contribution in [0.2, 0.25) is 0 Å². The third-order valence-corrected chi connectivity index (χ3v) is 3.63. The SMILES string of the molecule is CC(C)(F)c1csc2ccc(Br)cc12. The lowest BCUT2D eigenvalue weighted by Crippen LogP contribution is -2.07. The van der Waals surface area contributed by atoms with Crippen molar-refractivity contribution in [3.05, 3.63) is 33.6 Å². The highest BCUT2D eigenvalue weighted by Gasteiger charge is 2.22. The Bertz CT molecular complexity index is 468. The number of thiophene rings is 1. The number of fused-ring (bicyclic) bond motifs is 1. The van der Waals surface area contributed by atoms with Crippen LogP contribution in [0.15, 0.2) is 28.1 Å². The fourth-order valence-corrected chi connectivity index (χ4v) is 2.92. The molecule has 1 aromatic carbocycles. The maximum absolute atomic E-state index is 13.8. The zero-order valence-electron chi connectivity index (χ0n) is 7.97. The maximum atomic E-state index is 13.8. The Morgan fingerprint density at radius 3 is 2.71 bits per heavy atom. The summed E-state index contributed by atoms with van der Waals surface area (Å²) < 4.78 is 15.9. The molecule has 3 heteroatoms. The number of hydrogen-bond donors (Lipinski definition) is 0. The van der Waals surface area contributed by atoms with E-state index in [2.05, 4.69) is 15.9 Å². The smallest absolute Gasteiger partial charge is 0.131 e. The molecule has 2 aromatic rings. The van der Waals surface area contributed by atoms with Crippen LogP contribution in [0.1, 0.15) is 19.4 Å². The van der Waals surface area contributed by atoms with E-state index in [4.69, 9.17) is 0 Å². The lowest BCUT2D eigenvalue weighted by atomic mass is 10.00. The Labute approximate surface area is 94.9 Å². The van der Waals surface area contributed by atoms with Crippen molar-refractivity contribution in [2.24, 2.45) is 0 Å². The minimum Gasteiger partial charge on any atom is -0.239 e. The van der Waals surface area contributed by atoms with Gasteiger partial charge in [0.2, 0.25) is 0 Å². The van der Waals surface area contributed by atoms with Gasteiger partial charge in [0, 0.05) is 14.7 Å². The van der Waals surface area contributed by atoms with E-state index in [1.165, 1.54) is 0 Å². The van der Waals surface area contributed by atoms with Gasteiger partial charge in [-0.15, -0.1) is 11.3 Å². The summed E-state index contributed by atoms with van der Waals surface area (Å²) in [7, 11) is 0. The molecule has 0 nitrogen and oxygen atoms in total. The number of hydrogen-bond acceptors (Lipinski definition) is 1. The molecule has 0 aliphatic heterocycles. The second kappa shape index (κ2) is 3.31. The molecule has 2 rings (SSSR count). The van der Waals surface area contributed by atoms with Crippen LogP contribution in [-0.2, 0) is 5.67 Å². The highest BCUT2D eigenvalue weighted by atomic mass is 79.9. The summed E-state index contributed by atoms with van der Waals surface area (Å²) in [6.45, 7) is 3.19. The Hall–Kier alpha value is -0.410. The summed E-state index contributed by atoms with van der Waals surface area (Å²) in [5, 5.41) is 2.91. The van der Waals surface area contributed by atoms with Crippen molar-refractivity contribution in [1.82, 2.24) is 0 Å². The molecule has 0 saturated heterocycles. The Morgan fingerprint density at radius 2 is 2.07 bits per heavy atom. The molecular formula is C11H10BrFS. The van der Waals surface area contributed by atoms with Gasteiger partial charge < -0.3 is 0 Å². The number of rotatable bonds is 1. The third kappa shape index (κ3) is 1.71. The van der Waals surface area contributed by atoms with Crippen molar-refractivity contribution in [2.45, 2.75) is 19.5 Å². The van der Waals surface area contributed by atoms with Gasteiger partial charge in [-0.25, -0.2) is 4.39 Å². The molecular weight excluding hydrogens is 263 g/mol. The van der Waals surface area contributed by atoms with E-state index in [0.717, 1.165) is 20.1 Å². The summed E-state index contributed by atoms with van der Waals surface area (Å²) in [6, 6.07) is 5.97. The van der Waals surface area contributed by atoms with Crippen molar-refractivity contribution in [1.29, 1.82) is 0 Å². The van der Waals surface area contributed by atoms with Gasteiger partial charge in [-0.3, -0.25) is 0 Å². The summed E-state index contributed by atoms with van der Waals surface area (Å²) in [4.78, 5) is 0. The van der Waals surface area contributed by atoms with Gasteiger partial charge in [-0.1, -0.05) is 15.9 Å². The Morgan fingerprint density at radius 1 is 1.36 bits per heavy atom. The van der Waals surface area contributed by atoms with Crippen LogP contribution in [0.25, 0.3) is 10.1 Å². The van der Waals surface area contributed by atoms with Crippen LogP contribution in [0.3, 0.4) is 0 Å². The van der Waals surface area contributed by atoms with Crippen molar-refractivity contribution in [2.75, 3.05) is 0 Å². The fraction of sp³-hybridized carbons (Fsp3) is 0.273. The minimum atomic E-state index is -1.26. The summed E-state index contributed by atoms with van der Waals surface area (Å²) in [5.41, 5.74) is -0.488. The first-order chi connectivity index (χ1) is 6.48. The van der Waals surface area contributed by atoms with Crippen molar-refractivity contribution < 1.29 is 4.39 Å². The minimum absolute atomic E-state index is 0.777. The lowest BCUT2D eigenvalue weighted by Gasteiger charge is -2.12. The largest absolute Gasteiger partial charge is 0.239 e. The number of alkyl halides is 1. The molecule has 0 aliphatic rings. The van der Waals surface area contributed by atoms with E-state index in [0.29, 0.717) is 0 Å². The number of halogens is 2. The van der Waals surface area contributed by atoms with Gasteiger partial charge in [-0.05, 0) is 42.8 Å². The third-order valence-electron chi connectivity index (χ3n) is 2.18. The van der Waals surface area contributed by atoms with Crippen molar-refractivity contribution >= 4 is 37.4 Å². The second-order valence-electron chi connectivity index (χ2n) is 3.76. The molecule has 0 fully saturated rings. The van der Waals surface area contributed by atoms with Crippen LogP contribution in [0, 0.1) is 0 Å². The van der Waals surface area contributed by atoms with Crippen LogP contribution < -0.4 is 0 Å². The normalized spacial score (nSPS) is 12.3. The fourth-order valence-electron chi connectivity index (χ4n) is 1.46. The predicted octanol–water partition coefficient (Wildman–Crippen LogP) is 4.87. The van der Waals surface area contributed by atoms with Gasteiger partial charge in [0.15, 0.2) is 0 Å². The van der Waals surface area contributed by atoms with Crippen LogP contribution in [0.4, 0.5) is 4.39 Å². The van der Waals surface area contributed by atoms with Crippen molar-refractivity contribution in [3.8, 4) is 0 Å². The van der Waals surface area contributed by atoms with Gasteiger partial charge >= 0.3 is 0 Å². The molecule has 0 bridgehead atoms.